The topological polar surface area (TPSA) is 81.1 Å². The van der Waals surface area contributed by atoms with Crippen LogP contribution in [0, 0.1) is 0 Å². The summed E-state index contributed by atoms with van der Waals surface area (Å²) in [6, 6.07) is 7.83. The largest absolute Gasteiger partial charge is 0.497 e. The molecule has 0 fully saturated rings. The van der Waals surface area contributed by atoms with Gasteiger partial charge in [-0.05, 0) is 29.3 Å². The summed E-state index contributed by atoms with van der Waals surface area (Å²) in [5.74, 6) is 0.0475. The quantitative estimate of drug-likeness (QED) is 0.641. The molecule has 0 spiro atoms. The number of hydrogen-bond acceptors (Lipinski definition) is 5. The lowest BCUT2D eigenvalue weighted by Crippen LogP contribution is -2.36. The summed E-state index contributed by atoms with van der Waals surface area (Å²) in [5.41, 5.74) is 1.45. The zero-order valence-electron chi connectivity index (χ0n) is 16.6. The van der Waals surface area contributed by atoms with Crippen molar-refractivity contribution in [2.45, 2.75) is 31.2 Å². The van der Waals surface area contributed by atoms with Crippen molar-refractivity contribution in [2.75, 3.05) is 12.4 Å². The lowest BCUT2D eigenvalue weighted by atomic mass is 9.96. The summed E-state index contributed by atoms with van der Waals surface area (Å²) in [7, 11) is 1.49. The summed E-state index contributed by atoms with van der Waals surface area (Å²) in [5, 5.41) is 9.65. The molecule has 3 aromatic rings. The van der Waals surface area contributed by atoms with Crippen molar-refractivity contribution in [1.29, 1.82) is 0 Å². The maximum atomic E-state index is 13.8. The number of carbonyl (C=O) groups excluding carboxylic acids is 1. The van der Waals surface area contributed by atoms with E-state index < -0.39 is 24.2 Å². The van der Waals surface area contributed by atoms with Gasteiger partial charge in [0.2, 0.25) is 0 Å². The fourth-order valence-electron chi connectivity index (χ4n) is 3.59. The van der Waals surface area contributed by atoms with Gasteiger partial charge in [-0.3, -0.25) is 9.78 Å². The predicted octanol–water partition coefficient (Wildman–Crippen LogP) is 3.88. The number of carbonyl (C=O) groups is 1. The monoisotopic (exact) mass is 431 g/mol. The highest BCUT2D eigenvalue weighted by atomic mass is 19.4. The first-order valence-corrected chi connectivity index (χ1v) is 9.58. The zero-order valence-corrected chi connectivity index (χ0v) is 16.6. The molecule has 0 saturated carbocycles. The molecule has 1 amide bonds. The van der Waals surface area contributed by atoms with Gasteiger partial charge in [0.15, 0.2) is 6.04 Å². The van der Waals surface area contributed by atoms with Crippen LogP contribution >= 0.6 is 0 Å². The average molecular weight is 431 g/mol. The Morgan fingerprint density at radius 1 is 1.29 bits per heavy atom. The summed E-state index contributed by atoms with van der Waals surface area (Å²) < 4.78 is 47.5. The molecule has 4 rings (SSSR count). The van der Waals surface area contributed by atoms with Crippen molar-refractivity contribution in [3.8, 4) is 5.75 Å². The normalized spacial score (nSPS) is 18.1. The van der Waals surface area contributed by atoms with Gasteiger partial charge in [0.25, 0.3) is 5.91 Å². The molecule has 1 aliphatic heterocycles. The second-order valence-corrected chi connectivity index (χ2v) is 7.16. The van der Waals surface area contributed by atoms with Crippen molar-refractivity contribution >= 4 is 11.7 Å². The molecule has 0 saturated heterocycles. The number of nitrogens with zero attached hydrogens (tertiary/aromatic N) is 3. The molecule has 1 aliphatic rings. The van der Waals surface area contributed by atoms with Crippen LogP contribution in [0.2, 0.25) is 0 Å². The fourth-order valence-corrected chi connectivity index (χ4v) is 3.59. The van der Waals surface area contributed by atoms with E-state index in [1.165, 1.54) is 7.11 Å². The third-order valence-electron chi connectivity index (χ3n) is 5.16. The van der Waals surface area contributed by atoms with Gasteiger partial charge >= 0.3 is 6.18 Å². The van der Waals surface area contributed by atoms with Crippen LogP contribution in [0.4, 0.5) is 19.0 Å². The molecule has 2 aromatic heterocycles. The molecule has 0 bridgehead atoms. The van der Waals surface area contributed by atoms with Gasteiger partial charge in [0, 0.05) is 25.4 Å². The van der Waals surface area contributed by atoms with Gasteiger partial charge < -0.3 is 15.4 Å². The van der Waals surface area contributed by atoms with Gasteiger partial charge in [0.05, 0.1) is 19.3 Å². The van der Waals surface area contributed by atoms with Gasteiger partial charge in [-0.25, -0.2) is 4.68 Å². The highest BCUT2D eigenvalue weighted by Crippen LogP contribution is 2.44. The van der Waals surface area contributed by atoms with Crippen molar-refractivity contribution in [3.63, 3.8) is 0 Å². The summed E-state index contributed by atoms with van der Waals surface area (Å²) in [6.07, 6.45) is -0.414. The standard InChI is InChI=1S/C21H20F3N5O2/c1-31-15-6-2-5-14(8-15)17-9-18(21(22,23)24)29-19(28-17)16(12-27-29)20(30)26-11-13-4-3-7-25-10-13/h2-8,10,12,17-18,28H,9,11H2,1H3,(H,26,30). The number of pyridine rings is 1. The molecule has 2 atom stereocenters. The highest BCUT2D eigenvalue weighted by Gasteiger charge is 2.47. The first kappa shape index (κ1) is 20.7. The maximum absolute atomic E-state index is 13.8. The average Bonchev–Trinajstić information content (AvgIpc) is 3.21. The number of amides is 1. The van der Waals surface area contributed by atoms with Crippen LogP contribution < -0.4 is 15.4 Å². The highest BCUT2D eigenvalue weighted by molar-refractivity contribution is 5.98. The number of hydrogen-bond donors (Lipinski definition) is 2. The van der Waals surface area contributed by atoms with Gasteiger partial charge in [0.1, 0.15) is 17.1 Å². The van der Waals surface area contributed by atoms with E-state index in [-0.39, 0.29) is 24.3 Å². The minimum atomic E-state index is -4.52. The van der Waals surface area contributed by atoms with Crippen molar-refractivity contribution < 1.29 is 22.7 Å². The van der Waals surface area contributed by atoms with Gasteiger partial charge in [-0.15, -0.1) is 0 Å². The van der Waals surface area contributed by atoms with E-state index in [2.05, 4.69) is 20.7 Å². The van der Waals surface area contributed by atoms with E-state index in [0.717, 1.165) is 16.4 Å². The van der Waals surface area contributed by atoms with Crippen molar-refractivity contribution in [2.24, 2.45) is 0 Å². The SMILES string of the molecule is COc1cccc(C2CC(C(F)(F)F)n3ncc(C(=O)NCc4cccnc4)c3N2)c1. The number of aromatic nitrogens is 3. The van der Waals surface area contributed by atoms with Crippen LogP contribution in [-0.4, -0.2) is 34.0 Å². The Morgan fingerprint density at radius 2 is 2.13 bits per heavy atom. The first-order chi connectivity index (χ1) is 14.9. The zero-order chi connectivity index (χ0) is 22.0. The molecule has 0 radical (unpaired) electrons. The maximum Gasteiger partial charge on any atom is 0.410 e. The number of alkyl halides is 3. The Hall–Kier alpha value is -3.56. The number of anilines is 1. The molecular formula is C21H20F3N5O2. The van der Waals surface area contributed by atoms with Crippen molar-refractivity contribution in [3.05, 3.63) is 71.7 Å². The van der Waals surface area contributed by atoms with Crippen LogP contribution in [-0.2, 0) is 6.54 Å². The smallest absolute Gasteiger partial charge is 0.410 e. The van der Waals surface area contributed by atoms with E-state index in [4.69, 9.17) is 4.74 Å². The van der Waals surface area contributed by atoms with E-state index in [1.807, 2.05) is 0 Å². The van der Waals surface area contributed by atoms with Crippen LogP contribution in [0.1, 0.15) is 40.0 Å². The van der Waals surface area contributed by atoms with Crippen LogP contribution in [0.25, 0.3) is 0 Å². The molecule has 10 heteroatoms. The van der Waals surface area contributed by atoms with Crippen LogP contribution in [0.15, 0.2) is 55.0 Å². The second-order valence-electron chi connectivity index (χ2n) is 7.16. The lowest BCUT2D eigenvalue weighted by molar-refractivity contribution is -0.173. The molecular weight excluding hydrogens is 411 g/mol. The van der Waals surface area contributed by atoms with Crippen LogP contribution in [0.5, 0.6) is 5.75 Å². The molecule has 0 aliphatic carbocycles. The van der Waals surface area contributed by atoms with Crippen LogP contribution in [0.3, 0.4) is 0 Å². The number of nitrogens with one attached hydrogen (secondary N) is 2. The number of methoxy groups -OCH3 is 1. The number of fused-ring (bicyclic) bond motifs is 1. The number of halogens is 3. The minimum absolute atomic E-state index is 0.0325. The first-order valence-electron chi connectivity index (χ1n) is 9.58. The molecule has 2 N–H and O–H groups in total. The third-order valence-corrected chi connectivity index (χ3v) is 5.16. The Balaban J connectivity index is 1.63. The van der Waals surface area contributed by atoms with E-state index in [0.29, 0.717) is 11.3 Å². The minimum Gasteiger partial charge on any atom is -0.497 e. The molecule has 162 valence electrons. The Kier molecular flexibility index (Phi) is 5.53. The summed E-state index contributed by atoms with van der Waals surface area (Å²) in [4.78, 5) is 16.7. The number of rotatable bonds is 5. The molecule has 7 nitrogen and oxygen atoms in total. The molecule has 31 heavy (non-hydrogen) atoms. The lowest BCUT2D eigenvalue weighted by Gasteiger charge is -2.34. The summed E-state index contributed by atoms with van der Waals surface area (Å²) in [6.45, 7) is 0.194. The molecule has 3 heterocycles. The Bertz CT molecular complexity index is 1070. The number of ether oxygens (including phenoxy) is 1. The third kappa shape index (κ3) is 4.32. The van der Waals surface area contributed by atoms with Gasteiger partial charge in [-0.1, -0.05) is 18.2 Å². The Morgan fingerprint density at radius 3 is 2.84 bits per heavy atom. The van der Waals surface area contributed by atoms with E-state index in [9.17, 15) is 18.0 Å². The van der Waals surface area contributed by atoms with E-state index >= 15 is 0 Å². The molecule has 1 aromatic carbocycles. The van der Waals surface area contributed by atoms with E-state index in [1.54, 1.807) is 48.8 Å². The predicted molar refractivity (Wildman–Crippen MR) is 107 cm³/mol. The summed E-state index contributed by atoms with van der Waals surface area (Å²) >= 11 is 0. The fraction of sp³-hybridized carbons (Fsp3) is 0.286. The number of benzene rings is 1. The second kappa shape index (κ2) is 8.29. The molecule has 2 unspecified atom stereocenters. The van der Waals surface area contributed by atoms with Gasteiger partial charge in [-0.2, -0.15) is 18.3 Å². The Labute approximate surface area is 176 Å². The van der Waals surface area contributed by atoms with Crippen molar-refractivity contribution in [1.82, 2.24) is 20.1 Å².